The summed E-state index contributed by atoms with van der Waals surface area (Å²) in [5, 5.41) is 5.68. The van der Waals surface area contributed by atoms with Gasteiger partial charge < -0.3 is 10.2 Å². The lowest BCUT2D eigenvalue weighted by atomic mass is 9.85. The summed E-state index contributed by atoms with van der Waals surface area (Å²) < 4.78 is 81.7. The van der Waals surface area contributed by atoms with Crippen molar-refractivity contribution in [2.24, 2.45) is 5.16 Å². The van der Waals surface area contributed by atoms with Crippen LogP contribution in [0.1, 0.15) is 35.6 Å². The molecule has 0 radical (unpaired) electrons. The average Bonchev–Trinajstić information content (AvgIpc) is 3.12. The van der Waals surface area contributed by atoms with Gasteiger partial charge in [-0.1, -0.05) is 40.5 Å². The van der Waals surface area contributed by atoms with Crippen LogP contribution < -0.4 is 5.32 Å². The first-order chi connectivity index (χ1) is 14.7. The topological polar surface area (TPSA) is 50.7 Å². The molecule has 2 aromatic carbocycles. The highest BCUT2D eigenvalue weighted by Crippen LogP contribution is 2.50. The van der Waals surface area contributed by atoms with E-state index in [-0.39, 0.29) is 28.7 Å². The Kier molecular flexibility index (Phi) is 6.41. The van der Waals surface area contributed by atoms with Crippen molar-refractivity contribution in [3.63, 3.8) is 0 Å². The smallest absolute Gasteiger partial charge is 0.374 e. The van der Waals surface area contributed by atoms with Crippen LogP contribution in [0.25, 0.3) is 0 Å². The zero-order valence-corrected chi connectivity index (χ0v) is 17.7. The highest BCUT2D eigenvalue weighted by molar-refractivity contribution is 6.32. The fraction of sp³-hybridized carbons (Fsp3) is 0.300. The van der Waals surface area contributed by atoms with Gasteiger partial charge >= 0.3 is 12.4 Å². The molecule has 1 aliphatic heterocycles. The maximum atomic E-state index is 14.1. The molecule has 0 saturated heterocycles. The second-order valence-electron chi connectivity index (χ2n) is 7.07. The van der Waals surface area contributed by atoms with E-state index in [0.717, 1.165) is 6.07 Å². The molecule has 3 rings (SSSR count). The Labute approximate surface area is 188 Å². The number of nitrogens with one attached hydrogen (secondary N) is 1. The summed E-state index contributed by atoms with van der Waals surface area (Å²) in [6.45, 7) is 1.41. The van der Waals surface area contributed by atoms with Gasteiger partial charge in [-0.05, 0) is 29.8 Å². The van der Waals surface area contributed by atoms with Crippen molar-refractivity contribution in [3.05, 3.63) is 68.7 Å². The third-order valence-electron chi connectivity index (χ3n) is 4.79. The van der Waals surface area contributed by atoms with Crippen LogP contribution in [0.3, 0.4) is 0 Å². The first-order valence-electron chi connectivity index (χ1n) is 8.96. The molecule has 0 spiro atoms. The van der Waals surface area contributed by atoms with Crippen molar-refractivity contribution in [2.45, 2.75) is 37.8 Å². The monoisotopic (exact) mass is 498 g/mol. The van der Waals surface area contributed by atoms with Crippen molar-refractivity contribution < 1.29 is 36.0 Å². The number of hydrogen-bond donors (Lipinski definition) is 1. The van der Waals surface area contributed by atoms with Gasteiger partial charge in [0.2, 0.25) is 5.91 Å². The average molecular weight is 499 g/mol. The minimum absolute atomic E-state index is 0.104. The van der Waals surface area contributed by atoms with Crippen LogP contribution >= 0.6 is 23.2 Å². The second kappa shape index (κ2) is 8.47. The predicted molar refractivity (Wildman–Crippen MR) is 105 cm³/mol. The van der Waals surface area contributed by atoms with Gasteiger partial charge in [-0.15, -0.1) is 0 Å². The van der Waals surface area contributed by atoms with E-state index < -0.39 is 40.5 Å². The van der Waals surface area contributed by atoms with Crippen LogP contribution in [0, 0.1) is 0 Å². The molecule has 12 heteroatoms. The molecule has 172 valence electrons. The molecular weight excluding hydrogens is 485 g/mol. The van der Waals surface area contributed by atoms with E-state index >= 15 is 0 Å². The van der Waals surface area contributed by atoms with E-state index in [1.54, 1.807) is 0 Å². The Morgan fingerprint density at radius 3 is 2.38 bits per heavy atom. The van der Waals surface area contributed by atoms with Gasteiger partial charge in [-0.3, -0.25) is 4.79 Å². The predicted octanol–water partition coefficient (Wildman–Crippen LogP) is 6.23. The van der Waals surface area contributed by atoms with Crippen LogP contribution in [-0.4, -0.2) is 17.8 Å². The Bertz CT molecular complexity index is 1080. The highest BCUT2D eigenvalue weighted by atomic mass is 35.5. The molecule has 32 heavy (non-hydrogen) atoms. The van der Waals surface area contributed by atoms with Crippen molar-refractivity contribution in [3.8, 4) is 0 Å². The highest BCUT2D eigenvalue weighted by Gasteiger charge is 2.62. The molecule has 0 bridgehead atoms. The van der Waals surface area contributed by atoms with Crippen LogP contribution in [0.15, 0.2) is 41.6 Å². The molecule has 1 heterocycles. The Balaban J connectivity index is 1.97. The Hall–Kier alpha value is -2.46. The number of halogens is 8. The van der Waals surface area contributed by atoms with E-state index in [1.807, 2.05) is 0 Å². The summed E-state index contributed by atoms with van der Waals surface area (Å²) in [5.41, 5.74) is -4.79. The number of oxime groups is 1. The number of nitrogens with zero attached hydrogens (tertiary/aromatic N) is 1. The first-order valence-corrected chi connectivity index (χ1v) is 9.72. The quantitative estimate of drug-likeness (QED) is 0.508. The minimum Gasteiger partial charge on any atom is -0.374 e. The molecule has 2 aromatic rings. The molecule has 4 nitrogen and oxygen atoms in total. The van der Waals surface area contributed by atoms with Crippen molar-refractivity contribution in [1.82, 2.24) is 5.32 Å². The maximum absolute atomic E-state index is 14.1. The third-order valence-corrected chi connectivity index (χ3v) is 5.36. The van der Waals surface area contributed by atoms with Gasteiger partial charge in [-0.2, -0.15) is 26.3 Å². The summed E-state index contributed by atoms with van der Waals surface area (Å²) >= 11 is 11.8. The van der Waals surface area contributed by atoms with Crippen LogP contribution in [0.2, 0.25) is 10.0 Å². The molecular formula is C20H14Cl2F6N2O2. The number of amides is 1. The molecule has 0 saturated carbocycles. The molecule has 1 aliphatic rings. The SMILES string of the molecule is CC(=O)NCc1ccc(C2=NOC(c3cc(Cl)cc(C(F)(F)F)c3)(C(F)(F)F)C2)cc1Cl. The Morgan fingerprint density at radius 1 is 1.12 bits per heavy atom. The number of carbonyl (C=O) groups is 1. The van der Waals surface area contributed by atoms with Crippen LogP contribution in [0.4, 0.5) is 26.3 Å². The van der Waals surface area contributed by atoms with Gasteiger partial charge in [-0.25, -0.2) is 0 Å². The summed E-state index contributed by atoms with van der Waals surface area (Å²) in [6.07, 6.45) is -10.9. The van der Waals surface area contributed by atoms with E-state index in [0.29, 0.717) is 17.7 Å². The largest absolute Gasteiger partial charge is 0.435 e. The number of carbonyl (C=O) groups excluding carboxylic acids is 1. The fourth-order valence-electron chi connectivity index (χ4n) is 3.13. The second-order valence-corrected chi connectivity index (χ2v) is 7.92. The summed E-state index contributed by atoms with van der Waals surface area (Å²) in [5.74, 6) is -0.298. The Morgan fingerprint density at radius 2 is 1.81 bits per heavy atom. The lowest BCUT2D eigenvalue weighted by Crippen LogP contribution is -2.42. The van der Waals surface area contributed by atoms with Gasteiger partial charge in [0.1, 0.15) is 0 Å². The molecule has 0 aromatic heterocycles. The summed E-state index contributed by atoms with van der Waals surface area (Å²) in [7, 11) is 0. The fourth-order valence-corrected chi connectivity index (χ4v) is 3.62. The molecule has 1 amide bonds. The number of rotatable bonds is 4. The number of benzene rings is 2. The number of alkyl halides is 6. The minimum atomic E-state index is -5.11. The zero-order valence-electron chi connectivity index (χ0n) is 16.2. The van der Waals surface area contributed by atoms with Crippen LogP contribution in [0.5, 0.6) is 0 Å². The normalized spacial score (nSPS) is 18.8. The maximum Gasteiger partial charge on any atom is 0.435 e. The van der Waals surface area contributed by atoms with E-state index in [4.69, 9.17) is 28.0 Å². The lowest BCUT2D eigenvalue weighted by Gasteiger charge is -2.30. The van der Waals surface area contributed by atoms with Gasteiger partial charge in [0.05, 0.1) is 11.3 Å². The van der Waals surface area contributed by atoms with E-state index in [1.165, 1.54) is 25.1 Å². The zero-order chi connectivity index (χ0) is 23.9. The molecule has 1 atom stereocenters. The van der Waals surface area contributed by atoms with Gasteiger partial charge in [0.25, 0.3) is 5.60 Å². The number of hydrogen-bond acceptors (Lipinski definition) is 3. The van der Waals surface area contributed by atoms with E-state index in [2.05, 4.69) is 10.5 Å². The molecule has 0 fully saturated rings. The lowest BCUT2D eigenvalue weighted by molar-refractivity contribution is -0.276. The van der Waals surface area contributed by atoms with Gasteiger partial charge in [0.15, 0.2) is 0 Å². The van der Waals surface area contributed by atoms with Gasteiger partial charge in [0, 0.05) is 41.1 Å². The van der Waals surface area contributed by atoms with Crippen molar-refractivity contribution in [2.75, 3.05) is 0 Å². The van der Waals surface area contributed by atoms with Crippen LogP contribution in [-0.2, 0) is 28.0 Å². The molecule has 1 unspecified atom stereocenters. The standard InChI is InChI=1S/C20H14Cl2F6N2O2/c1-10(31)29-9-12-3-2-11(4-16(12)22)17-8-18(32-30-17,20(26,27)28)13-5-14(19(23,24)25)7-15(21)6-13/h2-7H,8-9H2,1H3,(H,29,31). The van der Waals surface area contributed by atoms with Crippen molar-refractivity contribution >= 4 is 34.8 Å². The first kappa shape index (κ1) is 24.2. The molecule has 1 N–H and O–H groups in total. The third kappa shape index (κ3) is 4.80. The molecule has 0 aliphatic carbocycles. The summed E-state index contributed by atoms with van der Waals surface area (Å²) in [6, 6.07) is 5.90. The van der Waals surface area contributed by atoms with E-state index in [9.17, 15) is 31.1 Å². The van der Waals surface area contributed by atoms with Crippen molar-refractivity contribution in [1.29, 1.82) is 0 Å². The summed E-state index contributed by atoms with van der Waals surface area (Å²) in [4.78, 5) is 15.8.